The average molecular weight is 209 g/mol. The minimum absolute atomic E-state index is 0.492. The van der Waals surface area contributed by atoms with Crippen molar-refractivity contribution in [1.29, 1.82) is 0 Å². The van der Waals surface area contributed by atoms with Crippen molar-refractivity contribution in [2.45, 2.75) is 10.5 Å². The van der Waals surface area contributed by atoms with Gasteiger partial charge in [0.1, 0.15) is 0 Å². The van der Waals surface area contributed by atoms with Crippen molar-refractivity contribution in [1.82, 2.24) is 0 Å². The first kappa shape index (κ1) is 9.03. The van der Waals surface area contributed by atoms with E-state index in [9.17, 15) is 0 Å². The second-order valence-corrected chi connectivity index (χ2v) is 5.17. The number of nitrogens with two attached hydrogens (primary N) is 1. The van der Waals surface area contributed by atoms with Gasteiger partial charge in [-0.05, 0) is 17.2 Å². The van der Waals surface area contributed by atoms with Gasteiger partial charge in [-0.15, -0.1) is 0 Å². The summed E-state index contributed by atoms with van der Waals surface area (Å²) in [4.78, 5) is 0. The first-order valence-corrected chi connectivity index (χ1v) is 4.99. The largest absolute Gasteiger partial charge is 0.400 e. The molecule has 0 saturated heterocycles. The van der Waals surface area contributed by atoms with E-state index in [2.05, 4.69) is 37.4 Å². The van der Waals surface area contributed by atoms with E-state index in [4.69, 9.17) is 5.73 Å². The Morgan fingerprint density at radius 1 is 1.23 bits per heavy atom. The molecule has 0 atom stereocenters. The molecule has 0 spiro atoms. The summed E-state index contributed by atoms with van der Waals surface area (Å²) in [6.07, 6.45) is 2.72. The Hall–Kier alpha value is -0.540. The molecule has 1 nitrogen and oxygen atoms in total. The lowest BCUT2D eigenvalue weighted by atomic mass is 9.95. The maximum atomic E-state index is 5.84. The van der Waals surface area contributed by atoms with Gasteiger partial charge in [-0.2, -0.15) is 25.3 Å². The molecule has 13 heavy (non-hydrogen) atoms. The Morgan fingerprint density at radius 3 is 2.69 bits per heavy atom. The fourth-order valence-corrected chi connectivity index (χ4v) is 1.96. The van der Waals surface area contributed by atoms with Gasteiger partial charge >= 0.3 is 0 Å². The molecule has 0 aromatic heterocycles. The lowest BCUT2D eigenvalue weighted by Crippen LogP contribution is -2.28. The highest BCUT2D eigenvalue weighted by Crippen LogP contribution is 2.36. The van der Waals surface area contributed by atoms with E-state index >= 15 is 0 Å². The summed E-state index contributed by atoms with van der Waals surface area (Å²) >= 11 is 8.82. The van der Waals surface area contributed by atoms with Crippen LogP contribution in [0.25, 0.3) is 6.08 Å². The predicted octanol–water partition coefficient (Wildman–Crippen LogP) is 2.10. The maximum Gasteiger partial charge on any atom is 0.0987 e. The number of hydrogen-bond donors (Lipinski definition) is 3. The molecule has 0 saturated carbocycles. The van der Waals surface area contributed by atoms with Crippen molar-refractivity contribution >= 4 is 31.3 Å². The number of rotatable bonds is 0. The Labute approximate surface area is 88.8 Å². The van der Waals surface area contributed by atoms with Crippen molar-refractivity contribution in [2.75, 3.05) is 0 Å². The minimum Gasteiger partial charge on any atom is -0.400 e. The van der Waals surface area contributed by atoms with Crippen LogP contribution in [-0.2, 0) is 6.42 Å². The molecule has 1 aromatic carbocycles. The van der Waals surface area contributed by atoms with Gasteiger partial charge in [-0.1, -0.05) is 24.3 Å². The zero-order chi connectivity index (χ0) is 9.47. The standard InChI is InChI=1S/C10H11NS2/c11-9-5-7-3-1-2-4-8(7)6-10(9,12)13/h1-5,12-13H,6,11H2. The van der Waals surface area contributed by atoms with Gasteiger partial charge in [0.15, 0.2) is 0 Å². The molecule has 0 bridgehead atoms. The van der Waals surface area contributed by atoms with Crippen LogP contribution in [-0.4, -0.2) is 4.08 Å². The average Bonchev–Trinajstić information content (AvgIpc) is 2.06. The van der Waals surface area contributed by atoms with Crippen LogP contribution in [0.1, 0.15) is 11.1 Å². The second-order valence-electron chi connectivity index (χ2n) is 3.29. The molecule has 2 rings (SSSR count). The molecule has 0 aliphatic heterocycles. The molecule has 1 aliphatic rings. The van der Waals surface area contributed by atoms with E-state index in [1.165, 1.54) is 11.1 Å². The third-order valence-corrected chi connectivity index (χ3v) is 3.10. The van der Waals surface area contributed by atoms with Crippen LogP contribution >= 0.6 is 25.3 Å². The number of benzene rings is 1. The van der Waals surface area contributed by atoms with E-state index in [0.29, 0.717) is 0 Å². The zero-order valence-electron chi connectivity index (χ0n) is 7.07. The molecule has 0 amide bonds. The smallest absolute Gasteiger partial charge is 0.0987 e. The van der Waals surface area contributed by atoms with Crippen molar-refractivity contribution in [2.24, 2.45) is 5.73 Å². The normalized spacial score (nSPS) is 19.1. The van der Waals surface area contributed by atoms with Crippen molar-refractivity contribution in [3.05, 3.63) is 41.1 Å². The predicted molar refractivity (Wildman–Crippen MR) is 63.0 cm³/mol. The first-order chi connectivity index (χ1) is 6.09. The molecular formula is C10H11NS2. The molecule has 2 N–H and O–H groups in total. The zero-order valence-corrected chi connectivity index (χ0v) is 8.85. The number of hydrogen-bond acceptors (Lipinski definition) is 3. The van der Waals surface area contributed by atoms with Crippen LogP contribution in [0.4, 0.5) is 0 Å². The van der Waals surface area contributed by atoms with E-state index in [1.807, 2.05) is 18.2 Å². The van der Waals surface area contributed by atoms with Crippen LogP contribution in [0.15, 0.2) is 30.0 Å². The molecule has 0 unspecified atom stereocenters. The lowest BCUT2D eigenvalue weighted by Gasteiger charge is -2.28. The topological polar surface area (TPSA) is 26.0 Å². The summed E-state index contributed by atoms with van der Waals surface area (Å²) in [6, 6.07) is 8.16. The van der Waals surface area contributed by atoms with Gasteiger partial charge in [0.05, 0.1) is 4.08 Å². The minimum atomic E-state index is -0.492. The molecule has 68 valence electrons. The number of thiol groups is 2. The van der Waals surface area contributed by atoms with Crippen LogP contribution < -0.4 is 5.73 Å². The molecule has 0 fully saturated rings. The van der Waals surface area contributed by atoms with Crippen LogP contribution in [0.3, 0.4) is 0 Å². The first-order valence-electron chi connectivity index (χ1n) is 4.10. The quantitative estimate of drug-likeness (QED) is 0.443. The van der Waals surface area contributed by atoms with Crippen LogP contribution in [0, 0.1) is 0 Å². The van der Waals surface area contributed by atoms with Crippen LogP contribution in [0.2, 0.25) is 0 Å². The molecular weight excluding hydrogens is 198 g/mol. The third kappa shape index (κ3) is 1.58. The van der Waals surface area contributed by atoms with Crippen molar-refractivity contribution in [3.63, 3.8) is 0 Å². The van der Waals surface area contributed by atoms with Crippen molar-refractivity contribution in [3.8, 4) is 0 Å². The van der Waals surface area contributed by atoms with Crippen molar-refractivity contribution < 1.29 is 0 Å². The molecule has 1 aromatic rings. The van der Waals surface area contributed by atoms with E-state index in [-0.39, 0.29) is 0 Å². The van der Waals surface area contributed by atoms with Gasteiger partial charge < -0.3 is 5.73 Å². The SMILES string of the molecule is NC1=Cc2ccccc2CC1(S)S. The molecule has 3 heteroatoms. The number of fused-ring (bicyclic) bond motifs is 1. The molecule has 0 radical (unpaired) electrons. The Bertz CT molecular complexity index is 369. The third-order valence-electron chi connectivity index (χ3n) is 2.27. The van der Waals surface area contributed by atoms with Gasteiger partial charge in [0.2, 0.25) is 0 Å². The molecule has 0 heterocycles. The summed E-state index contributed by atoms with van der Waals surface area (Å²) in [5, 5.41) is 0. The fourth-order valence-electron chi connectivity index (χ4n) is 1.49. The Kier molecular flexibility index (Phi) is 2.08. The van der Waals surface area contributed by atoms with Gasteiger partial charge in [0, 0.05) is 12.1 Å². The lowest BCUT2D eigenvalue weighted by molar-refractivity contribution is 0.890. The highest BCUT2D eigenvalue weighted by molar-refractivity contribution is 8.01. The van der Waals surface area contributed by atoms with E-state index in [1.54, 1.807) is 0 Å². The summed E-state index contributed by atoms with van der Waals surface area (Å²) in [5.74, 6) is 0. The Morgan fingerprint density at radius 2 is 1.92 bits per heavy atom. The summed E-state index contributed by atoms with van der Waals surface area (Å²) in [7, 11) is 0. The highest BCUT2D eigenvalue weighted by atomic mass is 32.2. The van der Waals surface area contributed by atoms with Gasteiger partial charge in [-0.3, -0.25) is 0 Å². The van der Waals surface area contributed by atoms with Gasteiger partial charge in [0.25, 0.3) is 0 Å². The fraction of sp³-hybridized carbons (Fsp3) is 0.200. The Balaban J connectivity index is 2.53. The summed E-state index contributed by atoms with van der Waals surface area (Å²) in [6.45, 7) is 0. The second kappa shape index (κ2) is 3.00. The highest BCUT2D eigenvalue weighted by Gasteiger charge is 2.28. The summed E-state index contributed by atoms with van der Waals surface area (Å²) in [5.41, 5.74) is 8.99. The van der Waals surface area contributed by atoms with Gasteiger partial charge in [-0.25, -0.2) is 0 Å². The van der Waals surface area contributed by atoms with E-state index < -0.39 is 4.08 Å². The van der Waals surface area contributed by atoms with E-state index in [0.717, 1.165) is 12.1 Å². The molecule has 1 aliphatic carbocycles. The van der Waals surface area contributed by atoms with Crippen LogP contribution in [0.5, 0.6) is 0 Å². The summed E-state index contributed by atoms with van der Waals surface area (Å²) < 4.78 is -0.492. The monoisotopic (exact) mass is 209 g/mol. The maximum absolute atomic E-state index is 5.84.